The zero-order chi connectivity index (χ0) is 19.8. The van der Waals surface area contributed by atoms with Crippen molar-refractivity contribution in [1.29, 1.82) is 0 Å². The Bertz CT molecular complexity index is 752. The maximum atomic E-state index is 12.3. The molecule has 0 aliphatic carbocycles. The van der Waals surface area contributed by atoms with Crippen LogP contribution < -0.4 is 10.1 Å². The van der Waals surface area contributed by atoms with Crippen LogP contribution in [0.3, 0.4) is 0 Å². The summed E-state index contributed by atoms with van der Waals surface area (Å²) in [7, 11) is 1.64. The van der Waals surface area contributed by atoms with E-state index in [4.69, 9.17) is 4.74 Å². The Morgan fingerprint density at radius 3 is 2.68 bits per heavy atom. The number of ether oxygens (including phenoxy) is 1. The number of piperidine rings is 1. The van der Waals surface area contributed by atoms with Crippen molar-refractivity contribution in [3.63, 3.8) is 0 Å². The molecular weight excluding hydrogens is 372 g/mol. The minimum Gasteiger partial charge on any atom is -0.497 e. The fraction of sp³-hybridized carbons (Fsp3) is 0.476. The molecule has 150 valence electrons. The summed E-state index contributed by atoms with van der Waals surface area (Å²) in [5.41, 5.74) is 2.14. The Hall–Kier alpha value is -2.12. The number of hydrogen-bond donors (Lipinski definition) is 1. The number of likely N-dealkylation sites (tertiary alicyclic amines) is 1. The third kappa shape index (κ3) is 6.21. The second kappa shape index (κ2) is 10.4. The van der Waals surface area contributed by atoms with Gasteiger partial charge in [-0.2, -0.15) is 0 Å². The SMILES string of the molecule is COc1ccc(CC(=O)NC[C@@H]2CCCN(Cc3cnc(SC)nc3)C2)cc1. The van der Waals surface area contributed by atoms with Gasteiger partial charge in [0, 0.05) is 37.6 Å². The lowest BCUT2D eigenvalue weighted by molar-refractivity contribution is -0.120. The highest BCUT2D eigenvalue weighted by molar-refractivity contribution is 7.98. The lowest BCUT2D eigenvalue weighted by Gasteiger charge is -2.32. The van der Waals surface area contributed by atoms with Gasteiger partial charge in [-0.15, -0.1) is 0 Å². The van der Waals surface area contributed by atoms with Crippen LogP contribution in [-0.4, -0.2) is 53.8 Å². The predicted molar refractivity (Wildman–Crippen MR) is 112 cm³/mol. The van der Waals surface area contributed by atoms with Gasteiger partial charge in [0.15, 0.2) is 5.16 Å². The maximum absolute atomic E-state index is 12.3. The average molecular weight is 401 g/mol. The van der Waals surface area contributed by atoms with Gasteiger partial charge in [0.25, 0.3) is 0 Å². The fourth-order valence-corrected chi connectivity index (χ4v) is 3.82. The number of carbonyl (C=O) groups is 1. The first-order valence-corrected chi connectivity index (χ1v) is 10.9. The van der Waals surface area contributed by atoms with Crippen LogP contribution in [0.5, 0.6) is 5.75 Å². The van der Waals surface area contributed by atoms with Crippen molar-refractivity contribution < 1.29 is 9.53 Å². The van der Waals surface area contributed by atoms with Crippen LogP contribution in [-0.2, 0) is 17.8 Å². The van der Waals surface area contributed by atoms with Gasteiger partial charge < -0.3 is 10.1 Å². The molecular formula is C21H28N4O2S. The molecule has 1 saturated heterocycles. The molecule has 3 rings (SSSR count). The summed E-state index contributed by atoms with van der Waals surface area (Å²) in [6.07, 6.45) is 8.52. The molecule has 0 spiro atoms. The number of nitrogens with one attached hydrogen (secondary N) is 1. The third-order valence-corrected chi connectivity index (χ3v) is 5.56. The largest absolute Gasteiger partial charge is 0.497 e. The van der Waals surface area contributed by atoms with Crippen LogP contribution in [0.1, 0.15) is 24.0 Å². The first kappa shape index (κ1) is 20.6. The van der Waals surface area contributed by atoms with E-state index in [0.717, 1.165) is 61.1 Å². The molecule has 7 heteroatoms. The Morgan fingerprint density at radius 1 is 1.25 bits per heavy atom. The van der Waals surface area contributed by atoms with Crippen LogP contribution in [0.15, 0.2) is 41.8 Å². The van der Waals surface area contributed by atoms with Gasteiger partial charge in [-0.1, -0.05) is 23.9 Å². The molecule has 1 aliphatic rings. The predicted octanol–water partition coefficient (Wildman–Crippen LogP) is 2.78. The number of rotatable bonds is 8. The number of carbonyl (C=O) groups excluding carboxylic acids is 1. The summed E-state index contributed by atoms with van der Waals surface area (Å²) in [5, 5.41) is 3.91. The molecule has 6 nitrogen and oxygen atoms in total. The van der Waals surface area contributed by atoms with Crippen molar-refractivity contribution in [2.45, 2.75) is 31.0 Å². The number of aromatic nitrogens is 2. The molecule has 1 aromatic heterocycles. The van der Waals surface area contributed by atoms with Crippen LogP contribution >= 0.6 is 11.8 Å². The van der Waals surface area contributed by atoms with Crippen LogP contribution in [0.2, 0.25) is 0 Å². The Morgan fingerprint density at radius 2 is 2.00 bits per heavy atom. The van der Waals surface area contributed by atoms with Gasteiger partial charge in [0.2, 0.25) is 5.91 Å². The Labute approximate surface area is 171 Å². The van der Waals surface area contributed by atoms with Crippen molar-refractivity contribution in [3.8, 4) is 5.75 Å². The van der Waals surface area contributed by atoms with Crippen LogP contribution in [0.4, 0.5) is 0 Å². The van der Waals surface area contributed by atoms with Crippen molar-refractivity contribution in [3.05, 3.63) is 47.8 Å². The number of hydrogen-bond acceptors (Lipinski definition) is 6. The smallest absolute Gasteiger partial charge is 0.224 e. The van der Waals surface area contributed by atoms with Gasteiger partial charge in [-0.25, -0.2) is 9.97 Å². The molecule has 0 saturated carbocycles. The molecule has 1 fully saturated rings. The van der Waals surface area contributed by atoms with E-state index in [1.54, 1.807) is 18.9 Å². The van der Waals surface area contributed by atoms with E-state index in [1.165, 1.54) is 0 Å². The van der Waals surface area contributed by atoms with E-state index in [2.05, 4.69) is 20.2 Å². The molecule has 1 N–H and O–H groups in total. The summed E-state index contributed by atoms with van der Waals surface area (Å²) in [4.78, 5) is 23.4. The van der Waals surface area contributed by atoms with Gasteiger partial charge >= 0.3 is 0 Å². The summed E-state index contributed by atoms with van der Waals surface area (Å²) in [6.45, 7) is 3.67. The zero-order valence-corrected chi connectivity index (χ0v) is 17.4. The summed E-state index contributed by atoms with van der Waals surface area (Å²) < 4.78 is 5.15. The third-order valence-electron chi connectivity index (χ3n) is 4.99. The highest BCUT2D eigenvalue weighted by Crippen LogP contribution is 2.18. The number of thioether (sulfide) groups is 1. The zero-order valence-electron chi connectivity index (χ0n) is 16.6. The molecule has 1 amide bonds. The first-order valence-electron chi connectivity index (χ1n) is 9.63. The number of benzene rings is 1. The second-order valence-corrected chi connectivity index (χ2v) is 7.92. The molecule has 0 radical (unpaired) electrons. The average Bonchev–Trinajstić information content (AvgIpc) is 2.74. The minimum absolute atomic E-state index is 0.0725. The van der Waals surface area contributed by atoms with Gasteiger partial charge in [0.1, 0.15) is 5.75 Å². The minimum atomic E-state index is 0.0725. The lowest BCUT2D eigenvalue weighted by Crippen LogP contribution is -2.40. The summed E-state index contributed by atoms with van der Waals surface area (Å²) in [6, 6.07) is 7.64. The second-order valence-electron chi connectivity index (χ2n) is 7.15. The molecule has 1 aliphatic heterocycles. The number of nitrogens with zero attached hydrogens (tertiary/aromatic N) is 3. The van der Waals surface area contributed by atoms with E-state index in [0.29, 0.717) is 12.3 Å². The normalized spacial score (nSPS) is 17.3. The Balaban J connectivity index is 1.42. The molecule has 28 heavy (non-hydrogen) atoms. The molecule has 2 heterocycles. The van der Waals surface area contributed by atoms with E-state index >= 15 is 0 Å². The number of methoxy groups -OCH3 is 1. The molecule has 1 aromatic carbocycles. The van der Waals surface area contributed by atoms with Crippen molar-refractivity contribution >= 4 is 17.7 Å². The molecule has 0 bridgehead atoms. The van der Waals surface area contributed by atoms with Crippen molar-refractivity contribution in [2.24, 2.45) is 5.92 Å². The molecule has 2 aromatic rings. The van der Waals surface area contributed by atoms with Crippen molar-refractivity contribution in [1.82, 2.24) is 20.2 Å². The summed E-state index contributed by atoms with van der Waals surface area (Å²) in [5.74, 6) is 1.36. The quantitative estimate of drug-likeness (QED) is 0.543. The molecule has 0 unspecified atom stereocenters. The van der Waals surface area contributed by atoms with Gasteiger partial charge in [-0.3, -0.25) is 9.69 Å². The van der Waals surface area contributed by atoms with E-state index in [9.17, 15) is 4.79 Å². The van der Waals surface area contributed by atoms with E-state index in [-0.39, 0.29) is 5.91 Å². The van der Waals surface area contributed by atoms with E-state index in [1.807, 2.05) is 42.9 Å². The Kier molecular flexibility index (Phi) is 7.68. The fourth-order valence-electron chi connectivity index (χ4n) is 3.50. The first-order chi connectivity index (χ1) is 13.7. The highest BCUT2D eigenvalue weighted by atomic mass is 32.2. The van der Waals surface area contributed by atoms with Gasteiger partial charge in [-0.05, 0) is 49.3 Å². The van der Waals surface area contributed by atoms with Crippen LogP contribution in [0, 0.1) is 5.92 Å². The summed E-state index contributed by atoms with van der Waals surface area (Å²) >= 11 is 1.55. The van der Waals surface area contributed by atoms with E-state index < -0.39 is 0 Å². The maximum Gasteiger partial charge on any atom is 0.224 e. The highest BCUT2D eigenvalue weighted by Gasteiger charge is 2.20. The van der Waals surface area contributed by atoms with Crippen LogP contribution in [0.25, 0.3) is 0 Å². The monoisotopic (exact) mass is 400 g/mol. The molecule has 1 atom stereocenters. The van der Waals surface area contributed by atoms with Gasteiger partial charge in [0.05, 0.1) is 13.5 Å². The number of amides is 1. The van der Waals surface area contributed by atoms with Crippen molar-refractivity contribution in [2.75, 3.05) is 33.0 Å². The lowest BCUT2D eigenvalue weighted by atomic mass is 9.97. The topological polar surface area (TPSA) is 67.3 Å². The standard InChI is InChI=1S/C21H28N4O2S/c1-27-19-7-5-16(6-8-19)10-20(26)22-11-17-4-3-9-25(14-17)15-18-12-23-21(28-2)24-13-18/h5-8,12-13,17H,3-4,9-11,14-15H2,1-2H3,(H,22,26)/t17-/m0/s1.